The molecule has 3 rings (SSSR count). The Labute approximate surface area is 159 Å². The summed E-state index contributed by atoms with van der Waals surface area (Å²) in [5.41, 5.74) is 3.28. The first-order valence-electron chi connectivity index (χ1n) is 8.98. The highest BCUT2D eigenvalue weighted by atomic mass is 32.2. The van der Waals surface area contributed by atoms with Crippen LogP contribution in [0.3, 0.4) is 0 Å². The lowest BCUT2D eigenvalue weighted by molar-refractivity contribution is 0.0702. The number of carbonyl (C=O) groups is 1. The fourth-order valence-electron chi connectivity index (χ4n) is 3.40. The molecule has 144 valence electrons. The topological polar surface area (TPSA) is 92.3 Å². The minimum absolute atomic E-state index is 0.0190. The lowest BCUT2D eigenvalue weighted by Gasteiger charge is -2.26. The molecule has 1 aromatic carbocycles. The Morgan fingerprint density at radius 2 is 1.96 bits per heavy atom. The molecule has 0 saturated carbocycles. The van der Waals surface area contributed by atoms with Crippen molar-refractivity contribution < 1.29 is 13.2 Å². The first kappa shape index (κ1) is 19.3. The third-order valence-electron chi connectivity index (χ3n) is 4.84. The minimum atomic E-state index is -3.06. The van der Waals surface area contributed by atoms with Crippen molar-refractivity contribution in [2.75, 3.05) is 23.4 Å². The zero-order valence-corrected chi connectivity index (χ0v) is 16.6. The van der Waals surface area contributed by atoms with Gasteiger partial charge in [-0.05, 0) is 44.4 Å². The molecule has 7 nitrogen and oxygen atoms in total. The molecule has 27 heavy (non-hydrogen) atoms. The van der Waals surface area contributed by atoms with Gasteiger partial charge in [-0.15, -0.1) is 0 Å². The van der Waals surface area contributed by atoms with Crippen LogP contribution in [0.15, 0.2) is 30.5 Å². The summed E-state index contributed by atoms with van der Waals surface area (Å²) in [4.78, 5) is 23.1. The van der Waals surface area contributed by atoms with Crippen molar-refractivity contribution in [2.45, 2.75) is 33.2 Å². The molecule has 0 aliphatic carbocycles. The number of hydrogen-bond acceptors (Lipinski definition) is 6. The van der Waals surface area contributed by atoms with Gasteiger partial charge in [-0.1, -0.05) is 18.2 Å². The van der Waals surface area contributed by atoms with E-state index in [0.29, 0.717) is 18.9 Å². The summed E-state index contributed by atoms with van der Waals surface area (Å²) < 4.78 is 23.5. The molecular weight excluding hydrogens is 364 g/mol. The van der Waals surface area contributed by atoms with Gasteiger partial charge in [0.2, 0.25) is 5.95 Å². The molecule has 2 heterocycles. The van der Waals surface area contributed by atoms with E-state index in [9.17, 15) is 13.2 Å². The molecule has 1 unspecified atom stereocenters. The van der Waals surface area contributed by atoms with E-state index in [4.69, 9.17) is 0 Å². The quantitative estimate of drug-likeness (QED) is 0.846. The lowest BCUT2D eigenvalue weighted by Crippen LogP contribution is -2.41. The Morgan fingerprint density at radius 1 is 1.26 bits per heavy atom. The van der Waals surface area contributed by atoms with Crippen LogP contribution in [-0.4, -0.2) is 53.3 Å². The largest absolute Gasteiger partial charge is 0.334 e. The average Bonchev–Trinajstić information content (AvgIpc) is 2.99. The van der Waals surface area contributed by atoms with E-state index in [2.05, 4.69) is 15.3 Å². The van der Waals surface area contributed by atoms with Crippen LogP contribution in [-0.2, 0) is 9.84 Å². The molecule has 0 spiro atoms. The maximum absolute atomic E-state index is 12.9. The summed E-state index contributed by atoms with van der Waals surface area (Å²) in [7, 11) is -3.06. The molecule has 1 N–H and O–H groups in total. The lowest BCUT2D eigenvalue weighted by atomic mass is 10.1. The van der Waals surface area contributed by atoms with Gasteiger partial charge in [-0.3, -0.25) is 4.79 Å². The van der Waals surface area contributed by atoms with E-state index in [1.165, 1.54) is 6.20 Å². The molecule has 1 aliphatic heterocycles. The fraction of sp³-hybridized carbons (Fsp3) is 0.421. The molecule has 2 aromatic rings. The van der Waals surface area contributed by atoms with Crippen molar-refractivity contribution in [1.29, 1.82) is 0 Å². The number of sulfone groups is 1. The third-order valence-corrected chi connectivity index (χ3v) is 6.59. The van der Waals surface area contributed by atoms with Crippen molar-refractivity contribution in [3.05, 3.63) is 47.3 Å². The predicted molar refractivity (Wildman–Crippen MR) is 105 cm³/mol. The first-order valence-corrected chi connectivity index (χ1v) is 10.8. The van der Waals surface area contributed by atoms with Gasteiger partial charge in [-0.2, -0.15) is 0 Å². The van der Waals surface area contributed by atoms with E-state index >= 15 is 0 Å². The van der Waals surface area contributed by atoms with E-state index in [0.717, 1.165) is 16.8 Å². The van der Waals surface area contributed by atoms with Crippen LogP contribution in [0.5, 0.6) is 0 Å². The highest BCUT2D eigenvalue weighted by molar-refractivity contribution is 7.91. The molecule has 1 atom stereocenters. The molecule has 1 fully saturated rings. The van der Waals surface area contributed by atoms with Crippen LogP contribution in [0.1, 0.15) is 35.0 Å². The van der Waals surface area contributed by atoms with Gasteiger partial charge in [-0.25, -0.2) is 18.4 Å². The number of para-hydroxylation sites is 1. The van der Waals surface area contributed by atoms with Crippen LogP contribution in [0.2, 0.25) is 0 Å². The maximum Gasteiger partial charge on any atom is 0.272 e. The molecule has 1 amide bonds. The number of benzene rings is 1. The normalized spacial score (nSPS) is 18.3. The Balaban J connectivity index is 1.83. The summed E-state index contributed by atoms with van der Waals surface area (Å²) in [5.74, 6) is 0.218. The van der Waals surface area contributed by atoms with Crippen LogP contribution >= 0.6 is 0 Å². The van der Waals surface area contributed by atoms with Crippen molar-refractivity contribution >= 4 is 27.4 Å². The van der Waals surface area contributed by atoms with Crippen LogP contribution in [0, 0.1) is 13.8 Å². The van der Waals surface area contributed by atoms with E-state index in [1.54, 1.807) is 11.0 Å². The van der Waals surface area contributed by atoms with Gasteiger partial charge in [0, 0.05) is 24.5 Å². The highest BCUT2D eigenvalue weighted by Gasteiger charge is 2.34. The van der Waals surface area contributed by atoms with Crippen LogP contribution < -0.4 is 5.32 Å². The number of nitrogens with zero attached hydrogens (tertiary/aromatic N) is 3. The third kappa shape index (κ3) is 4.27. The van der Waals surface area contributed by atoms with Crippen molar-refractivity contribution in [1.82, 2.24) is 14.9 Å². The maximum atomic E-state index is 12.9. The van der Waals surface area contributed by atoms with Crippen molar-refractivity contribution in [3.63, 3.8) is 0 Å². The van der Waals surface area contributed by atoms with Gasteiger partial charge < -0.3 is 10.2 Å². The van der Waals surface area contributed by atoms with Gasteiger partial charge in [0.05, 0.1) is 11.5 Å². The van der Waals surface area contributed by atoms with E-state index in [-0.39, 0.29) is 29.1 Å². The first-order chi connectivity index (χ1) is 12.8. The standard InChI is InChI=1S/C19H24N4O3S/c1-4-23(15-9-11-27(25,26)12-15)18(24)16-8-10-20-19(21-16)22-17-13(2)6-5-7-14(17)3/h5-8,10,15H,4,9,11-12H2,1-3H3,(H,20,21,22). The number of anilines is 2. The van der Waals surface area contributed by atoms with Gasteiger partial charge in [0.15, 0.2) is 9.84 Å². The second kappa shape index (κ2) is 7.64. The van der Waals surface area contributed by atoms with Crippen molar-refractivity contribution in [3.8, 4) is 0 Å². The second-order valence-corrected chi connectivity index (χ2v) is 9.03. The number of rotatable bonds is 5. The zero-order chi connectivity index (χ0) is 19.6. The van der Waals surface area contributed by atoms with Crippen LogP contribution in [0.25, 0.3) is 0 Å². The molecule has 8 heteroatoms. The van der Waals surface area contributed by atoms with E-state index < -0.39 is 9.84 Å². The van der Waals surface area contributed by atoms with Gasteiger partial charge >= 0.3 is 0 Å². The highest BCUT2D eigenvalue weighted by Crippen LogP contribution is 2.23. The Bertz CT molecular complexity index is 939. The number of hydrogen-bond donors (Lipinski definition) is 1. The monoisotopic (exact) mass is 388 g/mol. The van der Waals surface area contributed by atoms with Crippen molar-refractivity contribution in [2.24, 2.45) is 0 Å². The van der Waals surface area contributed by atoms with Crippen LogP contribution in [0.4, 0.5) is 11.6 Å². The number of nitrogens with one attached hydrogen (secondary N) is 1. The second-order valence-electron chi connectivity index (χ2n) is 6.81. The smallest absolute Gasteiger partial charge is 0.272 e. The molecular formula is C19H24N4O3S. The Morgan fingerprint density at radius 3 is 2.56 bits per heavy atom. The number of aromatic nitrogens is 2. The summed E-state index contributed by atoms with van der Waals surface area (Å²) >= 11 is 0. The molecule has 1 aromatic heterocycles. The minimum Gasteiger partial charge on any atom is -0.334 e. The predicted octanol–water partition coefficient (Wildman–Crippen LogP) is 2.49. The van der Waals surface area contributed by atoms with E-state index in [1.807, 2.05) is 39.0 Å². The summed E-state index contributed by atoms with van der Waals surface area (Å²) in [6, 6.07) is 7.22. The number of carbonyl (C=O) groups excluding carboxylic acids is 1. The zero-order valence-electron chi connectivity index (χ0n) is 15.8. The van der Waals surface area contributed by atoms with Gasteiger partial charge in [0.1, 0.15) is 5.69 Å². The summed E-state index contributed by atoms with van der Waals surface area (Å²) in [6.07, 6.45) is 2.01. The van der Waals surface area contributed by atoms with Gasteiger partial charge in [0.25, 0.3) is 5.91 Å². The summed E-state index contributed by atoms with van der Waals surface area (Å²) in [6.45, 7) is 6.26. The average molecular weight is 388 g/mol. The number of aryl methyl sites for hydroxylation is 2. The Kier molecular flexibility index (Phi) is 5.46. The molecule has 1 saturated heterocycles. The molecule has 0 radical (unpaired) electrons. The SMILES string of the molecule is CCN(C(=O)c1ccnc(Nc2c(C)cccc2C)n1)C1CCS(=O)(=O)C1. The Hall–Kier alpha value is -2.48. The number of amides is 1. The molecule has 0 bridgehead atoms. The summed E-state index contributed by atoms with van der Waals surface area (Å²) in [5, 5.41) is 3.19. The fourth-order valence-corrected chi connectivity index (χ4v) is 5.13. The molecule has 1 aliphatic rings.